The van der Waals surface area contributed by atoms with Crippen LogP contribution >= 0.6 is 0 Å². The number of fused-ring (bicyclic) bond motifs is 3. The number of nitrogens with one attached hydrogen (secondary N) is 3. The number of alkyl halides is 3. The van der Waals surface area contributed by atoms with Crippen molar-refractivity contribution in [3.63, 3.8) is 0 Å². The van der Waals surface area contributed by atoms with Crippen molar-refractivity contribution in [2.24, 2.45) is 5.41 Å². The second-order valence-corrected chi connectivity index (χ2v) is 11.4. The highest BCUT2D eigenvalue weighted by molar-refractivity contribution is 6.06. The fourth-order valence-electron chi connectivity index (χ4n) is 6.13. The minimum Gasteiger partial charge on any atom is -0.329 e. The average molecular weight is 544 g/mol. The van der Waals surface area contributed by atoms with E-state index in [1.165, 1.54) is 18.7 Å². The topological polar surface area (TPSA) is 103 Å². The zero-order chi connectivity index (χ0) is 28.0. The lowest BCUT2D eigenvalue weighted by molar-refractivity contribution is -0.172. The molecule has 1 aliphatic carbocycles. The van der Waals surface area contributed by atoms with Crippen molar-refractivity contribution in [2.75, 3.05) is 30.3 Å². The normalized spacial score (nSPS) is 22.3. The van der Waals surface area contributed by atoms with Gasteiger partial charge in [0.25, 0.3) is 0 Å². The minimum absolute atomic E-state index is 0.102. The van der Waals surface area contributed by atoms with E-state index in [0.717, 1.165) is 29.7 Å². The predicted molar refractivity (Wildman–Crippen MR) is 139 cm³/mol. The first kappa shape index (κ1) is 27.1. The number of nitrogens with zero attached hydrogens (tertiary/aromatic N) is 2. The number of carbonyl (C=O) groups excluding carboxylic acids is 3. The number of benzene rings is 1. The molecule has 8 nitrogen and oxygen atoms in total. The average Bonchev–Trinajstić information content (AvgIpc) is 3.38. The fraction of sp³-hybridized carbons (Fsp3) is 0.500. The molecular formula is C28H32F3N5O3. The lowest BCUT2D eigenvalue weighted by Crippen LogP contribution is -2.55. The summed E-state index contributed by atoms with van der Waals surface area (Å²) in [5, 5.41) is 8.86. The Bertz CT molecular complexity index is 1310. The van der Waals surface area contributed by atoms with Gasteiger partial charge in [0.2, 0.25) is 17.7 Å². The van der Waals surface area contributed by atoms with E-state index < -0.39 is 35.2 Å². The summed E-state index contributed by atoms with van der Waals surface area (Å²) >= 11 is 0. The summed E-state index contributed by atoms with van der Waals surface area (Å²) in [5.74, 6) is -0.717. The van der Waals surface area contributed by atoms with E-state index in [0.29, 0.717) is 37.3 Å². The molecule has 1 spiro atoms. The lowest BCUT2D eigenvalue weighted by Gasteiger charge is -2.39. The molecule has 1 fully saturated rings. The largest absolute Gasteiger partial charge is 0.390 e. The van der Waals surface area contributed by atoms with Crippen LogP contribution < -0.4 is 16.0 Å². The van der Waals surface area contributed by atoms with Gasteiger partial charge in [-0.2, -0.15) is 13.2 Å². The Morgan fingerprint density at radius 1 is 1.18 bits per heavy atom. The summed E-state index contributed by atoms with van der Waals surface area (Å²) in [4.78, 5) is 45.0. The van der Waals surface area contributed by atoms with Crippen LogP contribution in [0.15, 0.2) is 36.5 Å². The van der Waals surface area contributed by atoms with E-state index in [1.54, 1.807) is 18.3 Å². The van der Waals surface area contributed by atoms with Crippen LogP contribution in [0, 0.1) is 5.41 Å². The van der Waals surface area contributed by atoms with Crippen LogP contribution in [-0.4, -0.2) is 59.5 Å². The van der Waals surface area contributed by atoms with Gasteiger partial charge in [0.15, 0.2) is 0 Å². The summed E-state index contributed by atoms with van der Waals surface area (Å²) in [6, 6.07) is 8.78. The zero-order valence-electron chi connectivity index (χ0n) is 22.0. The Hall–Kier alpha value is -3.47. The van der Waals surface area contributed by atoms with Gasteiger partial charge in [-0.3, -0.25) is 14.4 Å². The Balaban J connectivity index is 1.31. The molecule has 3 N–H and O–H groups in total. The molecule has 1 aromatic carbocycles. The first-order valence-corrected chi connectivity index (χ1v) is 13.2. The van der Waals surface area contributed by atoms with Gasteiger partial charge in [-0.05, 0) is 61.6 Å². The molecule has 3 amide bonds. The van der Waals surface area contributed by atoms with Gasteiger partial charge in [0.1, 0.15) is 12.4 Å². The van der Waals surface area contributed by atoms with Gasteiger partial charge in [0, 0.05) is 30.0 Å². The molecule has 39 heavy (non-hydrogen) atoms. The Morgan fingerprint density at radius 2 is 1.95 bits per heavy atom. The maximum absolute atomic E-state index is 13.3. The molecule has 208 valence electrons. The lowest BCUT2D eigenvalue weighted by atomic mass is 9.79. The molecule has 3 heterocycles. The maximum Gasteiger partial charge on any atom is 0.390 e. The van der Waals surface area contributed by atoms with E-state index in [4.69, 9.17) is 0 Å². The molecule has 2 atom stereocenters. The number of amides is 3. The van der Waals surface area contributed by atoms with Crippen LogP contribution in [0.25, 0.3) is 0 Å². The van der Waals surface area contributed by atoms with Crippen LogP contribution in [0.3, 0.4) is 0 Å². The van der Waals surface area contributed by atoms with Gasteiger partial charge < -0.3 is 20.9 Å². The van der Waals surface area contributed by atoms with Gasteiger partial charge in [-0.25, -0.2) is 4.98 Å². The minimum atomic E-state index is -4.51. The van der Waals surface area contributed by atoms with Crippen LogP contribution in [0.2, 0.25) is 0 Å². The summed E-state index contributed by atoms with van der Waals surface area (Å²) in [7, 11) is 0. The second kappa shape index (κ2) is 9.93. The molecule has 0 bridgehead atoms. The third-order valence-corrected chi connectivity index (χ3v) is 7.97. The van der Waals surface area contributed by atoms with Crippen molar-refractivity contribution < 1.29 is 27.6 Å². The van der Waals surface area contributed by atoms with Gasteiger partial charge in [0.05, 0.1) is 17.3 Å². The van der Waals surface area contributed by atoms with Crippen LogP contribution in [-0.2, 0) is 32.6 Å². The van der Waals surface area contributed by atoms with Crippen molar-refractivity contribution in [1.29, 1.82) is 0 Å². The Labute approximate surface area is 224 Å². The summed E-state index contributed by atoms with van der Waals surface area (Å²) < 4.78 is 39.6. The number of halogens is 3. The third-order valence-electron chi connectivity index (χ3n) is 7.97. The number of hydrogen-bond acceptors (Lipinski definition) is 5. The molecule has 3 aliphatic rings. The Kier molecular flexibility index (Phi) is 6.90. The molecule has 2 aliphatic heterocycles. The van der Waals surface area contributed by atoms with E-state index in [9.17, 15) is 27.6 Å². The first-order chi connectivity index (χ1) is 18.4. The molecule has 1 saturated heterocycles. The molecule has 0 unspecified atom stereocenters. The van der Waals surface area contributed by atoms with Gasteiger partial charge in [-0.1, -0.05) is 26.0 Å². The standard InChI is InChI=1S/C28H32F3N5O3/c1-26(2,16-28(29,30)31)25(39)36(20-5-3-9-32-14-20)15-22(37)34-19-8-7-17-12-27(13-18(17)11-19)21-6-4-10-33-23(21)35-24(27)38/h4,6-8,10-11,20,32H,3,5,9,12-16H2,1-2H3,(H,34,37)(H,33,35,38)/t20-,27+/m0/s1. The van der Waals surface area contributed by atoms with E-state index in [1.807, 2.05) is 18.2 Å². The highest BCUT2D eigenvalue weighted by Gasteiger charge is 2.51. The van der Waals surface area contributed by atoms with Gasteiger partial charge >= 0.3 is 6.18 Å². The monoisotopic (exact) mass is 543 g/mol. The van der Waals surface area contributed by atoms with Crippen LogP contribution in [0.4, 0.5) is 24.7 Å². The molecule has 2 aromatic rings. The molecular weight excluding hydrogens is 511 g/mol. The fourth-order valence-corrected chi connectivity index (χ4v) is 6.13. The second-order valence-electron chi connectivity index (χ2n) is 11.4. The number of anilines is 2. The molecule has 5 rings (SSSR count). The zero-order valence-corrected chi connectivity index (χ0v) is 22.0. The predicted octanol–water partition coefficient (Wildman–Crippen LogP) is 3.57. The number of rotatable bonds is 6. The Morgan fingerprint density at radius 3 is 2.67 bits per heavy atom. The van der Waals surface area contributed by atoms with Gasteiger partial charge in [-0.15, -0.1) is 0 Å². The van der Waals surface area contributed by atoms with Crippen LogP contribution in [0.1, 0.15) is 49.8 Å². The molecule has 1 aromatic heterocycles. The number of pyridine rings is 1. The summed E-state index contributed by atoms with van der Waals surface area (Å²) in [6.07, 6.45) is -1.80. The number of hydrogen-bond donors (Lipinski definition) is 3. The van der Waals surface area contributed by atoms with Crippen molar-refractivity contribution in [2.45, 2.75) is 63.6 Å². The molecule has 11 heteroatoms. The van der Waals surface area contributed by atoms with E-state index in [2.05, 4.69) is 20.9 Å². The van der Waals surface area contributed by atoms with E-state index >= 15 is 0 Å². The van der Waals surface area contributed by atoms with Crippen molar-refractivity contribution in [3.05, 3.63) is 53.2 Å². The van der Waals surface area contributed by atoms with E-state index in [-0.39, 0.29) is 18.5 Å². The molecule has 0 saturated carbocycles. The quantitative estimate of drug-likeness (QED) is 0.517. The smallest absolute Gasteiger partial charge is 0.329 e. The number of aromatic nitrogens is 1. The van der Waals surface area contributed by atoms with Crippen molar-refractivity contribution >= 4 is 29.2 Å². The number of piperidine rings is 1. The summed E-state index contributed by atoms with van der Waals surface area (Å²) in [5.41, 5.74) is 0.841. The van der Waals surface area contributed by atoms with Crippen molar-refractivity contribution in [3.8, 4) is 0 Å². The first-order valence-electron chi connectivity index (χ1n) is 13.2. The number of carbonyl (C=O) groups is 3. The highest BCUT2D eigenvalue weighted by Crippen LogP contribution is 2.47. The molecule has 0 radical (unpaired) electrons. The summed E-state index contributed by atoms with van der Waals surface area (Å²) in [6.45, 7) is 3.36. The van der Waals surface area contributed by atoms with Crippen molar-refractivity contribution in [1.82, 2.24) is 15.2 Å². The van der Waals surface area contributed by atoms with Crippen LogP contribution in [0.5, 0.6) is 0 Å². The maximum atomic E-state index is 13.3. The SMILES string of the molecule is CC(C)(CC(F)(F)F)C(=O)N(CC(=O)Nc1ccc2c(c1)C[C@@]1(C2)C(=O)Nc2ncccc21)[C@H]1CCCNC1. The third kappa shape index (κ3) is 5.36. The highest BCUT2D eigenvalue weighted by atomic mass is 19.4.